The molecule has 0 bridgehead atoms. The minimum Gasteiger partial charge on any atom is -0.326 e. The Morgan fingerprint density at radius 2 is 1.77 bits per heavy atom. The van der Waals surface area contributed by atoms with E-state index >= 15 is 0 Å². The number of benzene rings is 2. The van der Waals surface area contributed by atoms with E-state index in [0.29, 0.717) is 17.1 Å². The number of carbonyl (C=O) groups excluding carboxylic acids is 4. The third-order valence-electron chi connectivity index (χ3n) is 6.38. The van der Waals surface area contributed by atoms with Crippen LogP contribution in [0.25, 0.3) is 0 Å². The van der Waals surface area contributed by atoms with Crippen LogP contribution in [0.2, 0.25) is 0 Å². The van der Waals surface area contributed by atoms with E-state index in [9.17, 15) is 19.2 Å². The van der Waals surface area contributed by atoms with Gasteiger partial charge in [0, 0.05) is 18.2 Å². The summed E-state index contributed by atoms with van der Waals surface area (Å²) in [5.74, 6) is -2.50. The number of amides is 4. The summed E-state index contributed by atoms with van der Waals surface area (Å²) in [4.78, 5) is 52.4. The summed E-state index contributed by atoms with van der Waals surface area (Å²) in [5.41, 5.74) is 1.30. The molecule has 2 saturated heterocycles. The van der Waals surface area contributed by atoms with Crippen molar-refractivity contribution in [1.82, 2.24) is 0 Å². The van der Waals surface area contributed by atoms with E-state index in [1.807, 2.05) is 36.5 Å². The topological polar surface area (TPSA) is 112 Å². The standard InChI is InChI=1S/C22H20N4O4/c1-11-17-18(22(25-11)15-5-3-4-6-16(15)24-21(22)30)20(29)26(19(17)28)14-9-7-13(8-10-14)23-12(2)27/h3-11,17-18,25H,1-2H3,(H,23,27)(H,24,30)/p+1/t11-,17+,18-,22-/m0/s1. The molecule has 1 spiro atoms. The predicted octanol–water partition coefficient (Wildman–Crippen LogP) is 0.564. The molecule has 4 atom stereocenters. The summed E-state index contributed by atoms with van der Waals surface area (Å²) in [5, 5.41) is 7.42. The quantitative estimate of drug-likeness (QED) is 0.634. The highest BCUT2D eigenvalue weighted by molar-refractivity contribution is 6.25. The summed E-state index contributed by atoms with van der Waals surface area (Å²) in [7, 11) is 0. The van der Waals surface area contributed by atoms with Gasteiger partial charge in [-0.1, -0.05) is 18.2 Å². The third-order valence-corrected chi connectivity index (χ3v) is 6.38. The Hall–Kier alpha value is -3.52. The molecule has 3 aliphatic rings. The van der Waals surface area contributed by atoms with Crippen molar-refractivity contribution < 1.29 is 24.5 Å². The Bertz CT molecular complexity index is 1110. The number of hydrogen-bond donors (Lipinski definition) is 3. The maximum atomic E-state index is 13.6. The van der Waals surface area contributed by atoms with Gasteiger partial charge in [0.1, 0.15) is 11.8 Å². The van der Waals surface area contributed by atoms with Gasteiger partial charge in [-0.15, -0.1) is 0 Å². The van der Waals surface area contributed by atoms with Crippen LogP contribution in [0.3, 0.4) is 0 Å². The fraction of sp³-hybridized carbons (Fsp3) is 0.273. The molecule has 8 nitrogen and oxygen atoms in total. The molecule has 5 rings (SSSR count). The number of nitrogens with zero attached hydrogens (tertiary/aromatic N) is 1. The summed E-state index contributed by atoms with van der Waals surface area (Å²) in [6, 6.07) is 13.7. The second-order valence-corrected chi connectivity index (χ2v) is 8.14. The van der Waals surface area contributed by atoms with Crippen molar-refractivity contribution in [3.05, 3.63) is 54.1 Å². The van der Waals surface area contributed by atoms with Crippen LogP contribution in [0, 0.1) is 11.8 Å². The van der Waals surface area contributed by atoms with Crippen LogP contribution in [0.5, 0.6) is 0 Å². The number of anilines is 3. The van der Waals surface area contributed by atoms with Crippen LogP contribution in [-0.2, 0) is 24.7 Å². The van der Waals surface area contributed by atoms with Crippen molar-refractivity contribution >= 4 is 40.7 Å². The van der Waals surface area contributed by atoms with Crippen LogP contribution in [-0.4, -0.2) is 29.7 Å². The highest BCUT2D eigenvalue weighted by Gasteiger charge is 2.73. The Labute approximate surface area is 172 Å². The summed E-state index contributed by atoms with van der Waals surface area (Å²) in [6.45, 7) is 3.29. The van der Waals surface area contributed by atoms with Crippen molar-refractivity contribution in [3.63, 3.8) is 0 Å². The SMILES string of the molecule is CC(=O)Nc1ccc(N2C(=O)[C@@H]3[C@H](C)[NH2+][C@]4(C(=O)Nc5ccccc54)[C@@H]3C2=O)cc1. The lowest BCUT2D eigenvalue weighted by molar-refractivity contribution is -0.730. The molecule has 0 radical (unpaired) electrons. The zero-order valence-corrected chi connectivity index (χ0v) is 16.5. The number of nitrogens with one attached hydrogen (secondary N) is 2. The van der Waals surface area contributed by atoms with Gasteiger partial charge in [0.25, 0.3) is 5.91 Å². The number of quaternary nitrogens is 1. The molecule has 2 aromatic rings. The van der Waals surface area contributed by atoms with Gasteiger partial charge >= 0.3 is 0 Å². The molecule has 2 aromatic carbocycles. The fourth-order valence-corrected chi connectivity index (χ4v) is 5.25. The molecule has 4 N–H and O–H groups in total. The van der Waals surface area contributed by atoms with E-state index in [-0.39, 0.29) is 29.7 Å². The molecule has 0 aromatic heterocycles. The van der Waals surface area contributed by atoms with Gasteiger partial charge < -0.3 is 16.0 Å². The van der Waals surface area contributed by atoms with Gasteiger partial charge in [-0.05, 0) is 37.3 Å². The fourth-order valence-electron chi connectivity index (χ4n) is 5.25. The van der Waals surface area contributed by atoms with E-state index in [1.54, 1.807) is 24.3 Å². The van der Waals surface area contributed by atoms with Crippen molar-refractivity contribution in [1.29, 1.82) is 0 Å². The Morgan fingerprint density at radius 1 is 1.07 bits per heavy atom. The van der Waals surface area contributed by atoms with E-state index in [4.69, 9.17) is 0 Å². The molecule has 3 heterocycles. The van der Waals surface area contributed by atoms with Gasteiger partial charge in [0.05, 0.1) is 17.4 Å². The first-order valence-corrected chi connectivity index (χ1v) is 9.87. The van der Waals surface area contributed by atoms with Crippen LogP contribution in [0.1, 0.15) is 19.4 Å². The predicted molar refractivity (Wildman–Crippen MR) is 108 cm³/mol. The zero-order valence-electron chi connectivity index (χ0n) is 16.5. The highest BCUT2D eigenvalue weighted by Crippen LogP contribution is 2.49. The van der Waals surface area contributed by atoms with Crippen LogP contribution < -0.4 is 20.9 Å². The summed E-state index contributed by atoms with van der Waals surface area (Å²) >= 11 is 0. The molecule has 0 saturated carbocycles. The molecule has 4 amide bonds. The van der Waals surface area contributed by atoms with E-state index in [0.717, 1.165) is 5.56 Å². The van der Waals surface area contributed by atoms with Gasteiger partial charge in [-0.25, -0.2) is 4.90 Å². The van der Waals surface area contributed by atoms with Gasteiger partial charge in [0.2, 0.25) is 23.3 Å². The molecular formula is C22H21N4O4+. The number of imide groups is 1. The Kier molecular flexibility index (Phi) is 3.85. The number of carbonyl (C=O) groups is 4. The van der Waals surface area contributed by atoms with Crippen LogP contribution in [0.4, 0.5) is 17.1 Å². The first-order chi connectivity index (χ1) is 14.3. The number of rotatable bonds is 2. The molecule has 3 aliphatic heterocycles. The largest absolute Gasteiger partial charge is 0.326 e. The Balaban J connectivity index is 1.56. The number of nitrogens with two attached hydrogens (primary N) is 1. The minimum absolute atomic E-state index is 0.206. The van der Waals surface area contributed by atoms with Crippen LogP contribution in [0.15, 0.2) is 48.5 Å². The number of hydrogen-bond acceptors (Lipinski definition) is 4. The van der Waals surface area contributed by atoms with Crippen molar-refractivity contribution in [2.75, 3.05) is 15.5 Å². The number of para-hydroxylation sites is 1. The Morgan fingerprint density at radius 3 is 2.47 bits per heavy atom. The average molecular weight is 405 g/mol. The van der Waals surface area contributed by atoms with Gasteiger partial charge in [-0.2, -0.15) is 0 Å². The van der Waals surface area contributed by atoms with E-state index in [2.05, 4.69) is 10.6 Å². The number of fused-ring (bicyclic) bond motifs is 4. The molecule has 2 fully saturated rings. The van der Waals surface area contributed by atoms with Crippen molar-refractivity contribution in [2.24, 2.45) is 11.8 Å². The lowest BCUT2D eigenvalue weighted by Crippen LogP contribution is -2.98. The smallest absolute Gasteiger partial charge is 0.291 e. The normalized spacial score (nSPS) is 29.2. The summed E-state index contributed by atoms with van der Waals surface area (Å²) < 4.78 is 0. The zero-order chi connectivity index (χ0) is 21.2. The molecule has 8 heteroatoms. The van der Waals surface area contributed by atoms with Crippen molar-refractivity contribution in [2.45, 2.75) is 25.4 Å². The maximum absolute atomic E-state index is 13.6. The first kappa shape index (κ1) is 18.5. The molecule has 152 valence electrons. The lowest BCUT2D eigenvalue weighted by Gasteiger charge is -2.25. The molecule has 0 aliphatic carbocycles. The molecule has 30 heavy (non-hydrogen) atoms. The molecular weight excluding hydrogens is 384 g/mol. The van der Waals surface area contributed by atoms with E-state index < -0.39 is 17.4 Å². The molecule has 0 unspecified atom stereocenters. The maximum Gasteiger partial charge on any atom is 0.291 e. The monoisotopic (exact) mass is 405 g/mol. The van der Waals surface area contributed by atoms with Crippen LogP contribution >= 0.6 is 0 Å². The van der Waals surface area contributed by atoms with E-state index in [1.165, 1.54) is 11.8 Å². The lowest BCUT2D eigenvalue weighted by atomic mass is 9.76. The third kappa shape index (κ3) is 2.31. The van der Waals surface area contributed by atoms with Gasteiger partial charge in [-0.3, -0.25) is 19.2 Å². The minimum atomic E-state index is -1.14. The summed E-state index contributed by atoms with van der Waals surface area (Å²) in [6.07, 6.45) is 0. The first-order valence-electron chi connectivity index (χ1n) is 9.87. The highest BCUT2D eigenvalue weighted by atomic mass is 16.2. The van der Waals surface area contributed by atoms with Gasteiger partial charge in [0.15, 0.2) is 0 Å². The van der Waals surface area contributed by atoms with Crippen molar-refractivity contribution in [3.8, 4) is 0 Å². The second kappa shape index (κ2) is 6.24. The second-order valence-electron chi connectivity index (χ2n) is 8.14. The average Bonchev–Trinajstić information content (AvgIpc) is 3.27.